The van der Waals surface area contributed by atoms with Crippen LogP contribution >= 0.6 is 0 Å². The maximum absolute atomic E-state index is 13.0. The molecule has 0 saturated carbocycles. The topological polar surface area (TPSA) is 0 Å². The van der Waals surface area contributed by atoms with Crippen molar-refractivity contribution in [2.75, 3.05) is 0 Å². The van der Waals surface area contributed by atoms with Crippen molar-refractivity contribution in [3.8, 4) is 0 Å². The van der Waals surface area contributed by atoms with E-state index >= 15 is 0 Å². The molecule has 1 aromatic carbocycles. The molecule has 0 amide bonds. The molecule has 0 aromatic heterocycles. The van der Waals surface area contributed by atoms with Gasteiger partial charge in [-0.05, 0) is 48.9 Å². The molecule has 1 aromatic rings. The Hall–Kier alpha value is -0.850. The summed E-state index contributed by atoms with van der Waals surface area (Å²) in [4.78, 5) is 0. The SMILES string of the molecule is CCC(C)CCCc1cc(F)ccc1C. The van der Waals surface area contributed by atoms with Gasteiger partial charge in [-0.15, -0.1) is 0 Å². The summed E-state index contributed by atoms with van der Waals surface area (Å²) in [7, 11) is 0. The molecule has 0 bridgehead atoms. The minimum absolute atomic E-state index is 0.112. The number of halogens is 1. The van der Waals surface area contributed by atoms with Gasteiger partial charge in [0, 0.05) is 0 Å². The lowest BCUT2D eigenvalue weighted by Gasteiger charge is -2.09. The van der Waals surface area contributed by atoms with Crippen molar-refractivity contribution in [1.82, 2.24) is 0 Å². The van der Waals surface area contributed by atoms with Gasteiger partial charge >= 0.3 is 0 Å². The predicted molar refractivity (Wildman–Crippen MR) is 63.5 cm³/mol. The van der Waals surface area contributed by atoms with Gasteiger partial charge in [0.2, 0.25) is 0 Å². The van der Waals surface area contributed by atoms with E-state index in [9.17, 15) is 4.39 Å². The Kier molecular flexibility index (Phi) is 4.80. The molecule has 0 aliphatic heterocycles. The molecular weight excluding hydrogens is 187 g/mol. The Morgan fingerprint density at radius 1 is 1.33 bits per heavy atom. The van der Waals surface area contributed by atoms with Crippen molar-refractivity contribution in [3.63, 3.8) is 0 Å². The number of benzene rings is 1. The molecule has 0 heterocycles. The first-order valence-electron chi connectivity index (χ1n) is 5.88. The monoisotopic (exact) mass is 208 g/mol. The fourth-order valence-electron chi connectivity index (χ4n) is 1.75. The average Bonchev–Trinajstić information content (AvgIpc) is 2.23. The molecule has 15 heavy (non-hydrogen) atoms. The van der Waals surface area contributed by atoms with Crippen LogP contribution in [0.25, 0.3) is 0 Å². The Labute approximate surface area is 92.5 Å². The van der Waals surface area contributed by atoms with Gasteiger partial charge in [-0.3, -0.25) is 0 Å². The van der Waals surface area contributed by atoms with Crippen molar-refractivity contribution < 1.29 is 4.39 Å². The maximum atomic E-state index is 13.0. The summed E-state index contributed by atoms with van der Waals surface area (Å²) < 4.78 is 13.0. The van der Waals surface area contributed by atoms with Gasteiger partial charge in [-0.2, -0.15) is 0 Å². The van der Waals surface area contributed by atoms with Gasteiger partial charge in [0.1, 0.15) is 5.82 Å². The zero-order chi connectivity index (χ0) is 11.3. The molecular formula is C14H21F. The molecule has 0 radical (unpaired) electrons. The van der Waals surface area contributed by atoms with Crippen molar-refractivity contribution in [1.29, 1.82) is 0 Å². The summed E-state index contributed by atoms with van der Waals surface area (Å²) >= 11 is 0. The van der Waals surface area contributed by atoms with E-state index in [2.05, 4.69) is 20.8 Å². The van der Waals surface area contributed by atoms with Crippen molar-refractivity contribution in [2.45, 2.75) is 46.5 Å². The highest BCUT2D eigenvalue weighted by atomic mass is 19.1. The minimum Gasteiger partial charge on any atom is -0.207 e. The summed E-state index contributed by atoms with van der Waals surface area (Å²) in [6, 6.07) is 5.08. The van der Waals surface area contributed by atoms with Gasteiger partial charge < -0.3 is 0 Å². The molecule has 0 N–H and O–H groups in total. The summed E-state index contributed by atoms with van der Waals surface area (Å²) in [6.07, 6.45) is 4.65. The lowest BCUT2D eigenvalue weighted by atomic mass is 9.97. The zero-order valence-corrected chi connectivity index (χ0v) is 10.0. The van der Waals surface area contributed by atoms with Gasteiger partial charge in [-0.1, -0.05) is 32.8 Å². The standard InChI is InChI=1S/C14H21F/c1-4-11(2)6-5-7-13-10-14(15)9-8-12(13)3/h8-11H,4-7H2,1-3H3. The van der Waals surface area contributed by atoms with Gasteiger partial charge in [0.15, 0.2) is 0 Å². The smallest absolute Gasteiger partial charge is 0.123 e. The number of hydrogen-bond acceptors (Lipinski definition) is 0. The largest absolute Gasteiger partial charge is 0.207 e. The van der Waals surface area contributed by atoms with Crippen LogP contribution < -0.4 is 0 Å². The fourth-order valence-corrected chi connectivity index (χ4v) is 1.75. The first-order chi connectivity index (χ1) is 7.13. The third-order valence-corrected chi connectivity index (χ3v) is 3.15. The Bertz CT molecular complexity index is 304. The van der Waals surface area contributed by atoms with Crippen LogP contribution in [0.2, 0.25) is 0 Å². The van der Waals surface area contributed by atoms with E-state index in [0.717, 1.165) is 12.3 Å². The summed E-state index contributed by atoms with van der Waals surface area (Å²) in [5.74, 6) is 0.679. The van der Waals surface area contributed by atoms with Gasteiger partial charge in [0.25, 0.3) is 0 Å². The summed E-state index contributed by atoms with van der Waals surface area (Å²) in [5.41, 5.74) is 2.37. The number of aryl methyl sites for hydroxylation is 2. The molecule has 1 unspecified atom stereocenters. The van der Waals surface area contributed by atoms with Crippen LogP contribution in [-0.2, 0) is 6.42 Å². The Morgan fingerprint density at radius 3 is 2.73 bits per heavy atom. The van der Waals surface area contributed by atoms with Crippen LogP contribution in [0.15, 0.2) is 18.2 Å². The minimum atomic E-state index is -0.112. The van der Waals surface area contributed by atoms with E-state index in [-0.39, 0.29) is 5.82 Å². The molecule has 0 spiro atoms. The van der Waals surface area contributed by atoms with Crippen molar-refractivity contribution in [2.24, 2.45) is 5.92 Å². The van der Waals surface area contributed by atoms with Gasteiger partial charge in [0.05, 0.1) is 0 Å². The molecule has 84 valence electrons. The van der Waals surface area contributed by atoms with E-state index in [1.807, 2.05) is 6.07 Å². The van der Waals surface area contributed by atoms with E-state index in [4.69, 9.17) is 0 Å². The highest BCUT2D eigenvalue weighted by molar-refractivity contribution is 5.26. The second-order valence-electron chi connectivity index (χ2n) is 4.48. The van der Waals surface area contributed by atoms with E-state index in [1.54, 1.807) is 6.07 Å². The van der Waals surface area contributed by atoms with Crippen LogP contribution in [-0.4, -0.2) is 0 Å². The number of rotatable bonds is 5. The molecule has 0 saturated heterocycles. The van der Waals surface area contributed by atoms with Crippen LogP contribution in [0.1, 0.15) is 44.2 Å². The first-order valence-corrected chi connectivity index (χ1v) is 5.88. The molecule has 1 rings (SSSR count). The van der Waals surface area contributed by atoms with Crippen molar-refractivity contribution >= 4 is 0 Å². The second-order valence-corrected chi connectivity index (χ2v) is 4.48. The molecule has 0 aliphatic carbocycles. The second kappa shape index (κ2) is 5.89. The molecule has 1 heteroatoms. The van der Waals surface area contributed by atoms with E-state index in [1.165, 1.54) is 36.5 Å². The van der Waals surface area contributed by atoms with E-state index < -0.39 is 0 Å². The summed E-state index contributed by atoms with van der Waals surface area (Å²) in [6.45, 7) is 6.55. The number of hydrogen-bond donors (Lipinski definition) is 0. The third-order valence-electron chi connectivity index (χ3n) is 3.15. The Morgan fingerprint density at radius 2 is 2.07 bits per heavy atom. The normalized spacial score (nSPS) is 12.8. The van der Waals surface area contributed by atoms with E-state index in [0.29, 0.717) is 0 Å². The lowest BCUT2D eigenvalue weighted by molar-refractivity contribution is 0.495. The highest BCUT2D eigenvalue weighted by Gasteiger charge is 2.02. The molecule has 0 fully saturated rings. The van der Waals surface area contributed by atoms with Crippen LogP contribution in [0.5, 0.6) is 0 Å². The zero-order valence-electron chi connectivity index (χ0n) is 10.0. The maximum Gasteiger partial charge on any atom is 0.123 e. The fraction of sp³-hybridized carbons (Fsp3) is 0.571. The van der Waals surface area contributed by atoms with Gasteiger partial charge in [-0.25, -0.2) is 4.39 Å². The highest BCUT2D eigenvalue weighted by Crippen LogP contribution is 2.16. The van der Waals surface area contributed by atoms with Crippen LogP contribution in [0, 0.1) is 18.7 Å². The quantitative estimate of drug-likeness (QED) is 0.668. The molecule has 0 nitrogen and oxygen atoms in total. The van der Waals surface area contributed by atoms with Crippen molar-refractivity contribution in [3.05, 3.63) is 35.1 Å². The Balaban J connectivity index is 2.46. The predicted octanol–water partition coefficient (Wildman–Crippen LogP) is 4.50. The summed E-state index contributed by atoms with van der Waals surface area (Å²) in [5, 5.41) is 0. The van der Waals surface area contributed by atoms with Crippen LogP contribution in [0.4, 0.5) is 4.39 Å². The van der Waals surface area contributed by atoms with Crippen LogP contribution in [0.3, 0.4) is 0 Å². The first kappa shape index (κ1) is 12.2. The third kappa shape index (κ3) is 4.03. The lowest BCUT2D eigenvalue weighted by Crippen LogP contribution is -1.96. The molecule has 1 atom stereocenters. The molecule has 0 aliphatic rings. The average molecular weight is 208 g/mol.